The molecule has 0 saturated carbocycles. The van der Waals surface area contributed by atoms with Gasteiger partial charge in [-0.1, -0.05) is 0 Å². The highest BCUT2D eigenvalue weighted by atomic mass is 35.5. The molecule has 1 aromatic carbocycles. The fourth-order valence-corrected chi connectivity index (χ4v) is 3.51. The van der Waals surface area contributed by atoms with E-state index in [-0.39, 0.29) is 24.2 Å². The number of nitrogens with zero attached hydrogens (tertiary/aromatic N) is 1. The van der Waals surface area contributed by atoms with Crippen molar-refractivity contribution in [1.29, 1.82) is 0 Å². The van der Waals surface area contributed by atoms with E-state index >= 15 is 0 Å². The smallest absolute Gasteiger partial charge is 0.242 e. The monoisotopic (exact) mass is 427 g/mol. The van der Waals surface area contributed by atoms with E-state index in [9.17, 15) is 9.59 Å². The SMILES string of the molecule is COc1ccc(CNC(=O)CCC2CCCN(C(=O)C(C)(C)N)C2)c(OC)c1.Cl. The molecule has 1 saturated heterocycles. The van der Waals surface area contributed by atoms with Gasteiger partial charge in [-0.2, -0.15) is 0 Å². The third kappa shape index (κ3) is 7.40. The Labute approximate surface area is 179 Å². The van der Waals surface area contributed by atoms with Crippen molar-refractivity contribution in [1.82, 2.24) is 10.2 Å². The van der Waals surface area contributed by atoms with Gasteiger partial charge in [0.2, 0.25) is 11.8 Å². The van der Waals surface area contributed by atoms with Crippen LogP contribution in [0.15, 0.2) is 18.2 Å². The summed E-state index contributed by atoms with van der Waals surface area (Å²) in [6.45, 7) is 5.31. The summed E-state index contributed by atoms with van der Waals surface area (Å²) >= 11 is 0. The van der Waals surface area contributed by atoms with Gasteiger partial charge in [-0.3, -0.25) is 9.59 Å². The second-order valence-electron chi connectivity index (χ2n) is 7.97. The van der Waals surface area contributed by atoms with Crippen LogP contribution in [0.4, 0.5) is 0 Å². The first kappa shape index (κ1) is 25.0. The van der Waals surface area contributed by atoms with E-state index in [0.717, 1.165) is 31.4 Å². The Hall–Kier alpha value is -1.99. The van der Waals surface area contributed by atoms with Crippen molar-refractivity contribution in [2.45, 2.75) is 51.6 Å². The van der Waals surface area contributed by atoms with Gasteiger partial charge in [0.15, 0.2) is 0 Å². The number of piperidine rings is 1. The molecular formula is C21H34ClN3O4. The molecule has 1 aliphatic rings. The molecule has 1 fully saturated rings. The van der Waals surface area contributed by atoms with Crippen LogP contribution >= 0.6 is 12.4 Å². The van der Waals surface area contributed by atoms with Crippen LogP contribution in [0, 0.1) is 5.92 Å². The molecule has 1 unspecified atom stereocenters. The van der Waals surface area contributed by atoms with Crippen LogP contribution in [0.2, 0.25) is 0 Å². The van der Waals surface area contributed by atoms with Crippen LogP contribution in [0.5, 0.6) is 11.5 Å². The molecule has 0 bridgehead atoms. The zero-order chi connectivity index (χ0) is 20.7. The van der Waals surface area contributed by atoms with Crippen LogP contribution in [-0.4, -0.2) is 49.6 Å². The number of hydrogen-bond donors (Lipinski definition) is 2. The first-order chi connectivity index (χ1) is 13.2. The van der Waals surface area contributed by atoms with Gasteiger partial charge in [-0.05, 0) is 51.2 Å². The van der Waals surface area contributed by atoms with Crippen molar-refractivity contribution >= 4 is 24.2 Å². The number of amides is 2. The lowest BCUT2D eigenvalue weighted by atomic mass is 9.92. The van der Waals surface area contributed by atoms with Gasteiger partial charge in [-0.25, -0.2) is 0 Å². The third-order valence-corrected chi connectivity index (χ3v) is 5.11. The lowest BCUT2D eigenvalue weighted by Crippen LogP contribution is -2.53. The van der Waals surface area contributed by atoms with Crippen molar-refractivity contribution in [2.75, 3.05) is 27.3 Å². The molecule has 0 aliphatic carbocycles. The highest BCUT2D eigenvalue weighted by molar-refractivity contribution is 5.85. The Morgan fingerprint density at radius 1 is 1.28 bits per heavy atom. The highest BCUT2D eigenvalue weighted by Crippen LogP contribution is 2.25. The summed E-state index contributed by atoms with van der Waals surface area (Å²) in [5.41, 5.74) is 5.99. The molecule has 29 heavy (non-hydrogen) atoms. The van der Waals surface area contributed by atoms with Crippen LogP contribution in [0.3, 0.4) is 0 Å². The molecule has 3 N–H and O–H groups in total. The van der Waals surface area contributed by atoms with Gasteiger partial charge < -0.3 is 25.4 Å². The van der Waals surface area contributed by atoms with E-state index in [4.69, 9.17) is 15.2 Å². The Morgan fingerprint density at radius 2 is 2.00 bits per heavy atom. The van der Waals surface area contributed by atoms with Gasteiger partial charge >= 0.3 is 0 Å². The normalized spacial score (nSPS) is 16.6. The standard InChI is InChI=1S/C21H33N3O4.ClH/c1-21(2,22)20(26)24-11-5-6-15(14-24)7-10-19(25)23-13-16-8-9-17(27-3)12-18(16)28-4;/h8-9,12,15H,5-7,10-11,13-14,22H2,1-4H3,(H,23,25);1H. The second kappa shape index (κ2) is 11.3. The van der Waals surface area contributed by atoms with E-state index in [1.165, 1.54) is 0 Å². The number of benzene rings is 1. The molecule has 1 aliphatic heterocycles. The van der Waals surface area contributed by atoms with Gasteiger partial charge in [0.05, 0.1) is 19.8 Å². The van der Waals surface area contributed by atoms with Crippen LogP contribution in [-0.2, 0) is 16.1 Å². The molecule has 8 heteroatoms. The van der Waals surface area contributed by atoms with Crippen molar-refractivity contribution in [2.24, 2.45) is 11.7 Å². The highest BCUT2D eigenvalue weighted by Gasteiger charge is 2.31. The zero-order valence-corrected chi connectivity index (χ0v) is 18.6. The number of likely N-dealkylation sites (tertiary alicyclic amines) is 1. The third-order valence-electron chi connectivity index (χ3n) is 5.11. The molecule has 0 radical (unpaired) electrons. The summed E-state index contributed by atoms with van der Waals surface area (Å²) in [6, 6.07) is 5.53. The van der Waals surface area contributed by atoms with E-state index in [0.29, 0.717) is 36.9 Å². The van der Waals surface area contributed by atoms with Crippen molar-refractivity contribution < 1.29 is 19.1 Å². The number of methoxy groups -OCH3 is 2. The van der Waals surface area contributed by atoms with Gasteiger partial charge in [0.1, 0.15) is 11.5 Å². The maximum absolute atomic E-state index is 12.4. The quantitative estimate of drug-likeness (QED) is 0.664. The first-order valence-electron chi connectivity index (χ1n) is 9.80. The lowest BCUT2D eigenvalue weighted by molar-refractivity contribution is -0.137. The molecule has 1 atom stereocenters. The van der Waals surface area contributed by atoms with E-state index in [1.54, 1.807) is 34.1 Å². The minimum atomic E-state index is -0.851. The fraction of sp³-hybridized carbons (Fsp3) is 0.619. The van der Waals surface area contributed by atoms with Crippen molar-refractivity contribution in [3.63, 3.8) is 0 Å². The minimum absolute atomic E-state index is 0. The van der Waals surface area contributed by atoms with E-state index in [1.807, 2.05) is 17.0 Å². The fourth-order valence-electron chi connectivity index (χ4n) is 3.51. The van der Waals surface area contributed by atoms with Crippen molar-refractivity contribution in [3.05, 3.63) is 23.8 Å². The zero-order valence-electron chi connectivity index (χ0n) is 17.8. The second-order valence-corrected chi connectivity index (χ2v) is 7.97. The number of nitrogens with two attached hydrogens (primary N) is 1. The number of rotatable bonds is 8. The maximum Gasteiger partial charge on any atom is 0.242 e. The largest absolute Gasteiger partial charge is 0.497 e. The maximum atomic E-state index is 12.4. The van der Waals surface area contributed by atoms with Gasteiger partial charge in [-0.15, -0.1) is 12.4 Å². The van der Waals surface area contributed by atoms with Crippen LogP contribution in [0.1, 0.15) is 45.1 Å². The molecular weight excluding hydrogens is 394 g/mol. The molecule has 7 nitrogen and oxygen atoms in total. The molecule has 2 rings (SSSR count). The topological polar surface area (TPSA) is 93.9 Å². The minimum Gasteiger partial charge on any atom is -0.497 e. The lowest BCUT2D eigenvalue weighted by Gasteiger charge is -2.36. The molecule has 164 valence electrons. The summed E-state index contributed by atoms with van der Waals surface area (Å²) < 4.78 is 10.5. The number of hydrogen-bond acceptors (Lipinski definition) is 5. The van der Waals surface area contributed by atoms with Gasteiger partial charge in [0, 0.05) is 37.7 Å². The molecule has 2 amide bonds. The number of carbonyl (C=O) groups is 2. The first-order valence-corrected chi connectivity index (χ1v) is 9.80. The molecule has 1 aromatic rings. The summed E-state index contributed by atoms with van der Waals surface area (Å²) in [5.74, 6) is 1.71. The Balaban J connectivity index is 0.00000420. The Morgan fingerprint density at radius 3 is 2.62 bits per heavy atom. The van der Waals surface area contributed by atoms with Crippen LogP contribution in [0.25, 0.3) is 0 Å². The number of nitrogens with one attached hydrogen (secondary N) is 1. The van der Waals surface area contributed by atoms with E-state index in [2.05, 4.69) is 5.32 Å². The number of carbonyl (C=O) groups excluding carboxylic acids is 2. The average Bonchev–Trinajstić information content (AvgIpc) is 2.69. The predicted octanol–water partition coefficient (Wildman–Crippen LogP) is 2.50. The van der Waals surface area contributed by atoms with Crippen LogP contribution < -0.4 is 20.5 Å². The number of halogens is 1. The van der Waals surface area contributed by atoms with Gasteiger partial charge in [0.25, 0.3) is 0 Å². The summed E-state index contributed by atoms with van der Waals surface area (Å²) in [7, 11) is 3.20. The average molecular weight is 428 g/mol. The predicted molar refractivity (Wildman–Crippen MR) is 115 cm³/mol. The van der Waals surface area contributed by atoms with E-state index < -0.39 is 5.54 Å². The van der Waals surface area contributed by atoms with Crippen molar-refractivity contribution in [3.8, 4) is 11.5 Å². The molecule has 0 spiro atoms. The Kier molecular flexibility index (Phi) is 9.73. The molecule has 1 heterocycles. The summed E-state index contributed by atoms with van der Waals surface area (Å²) in [5, 5.41) is 2.95. The summed E-state index contributed by atoms with van der Waals surface area (Å²) in [6.07, 6.45) is 3.20. The summed E-state index contributed by atoms with van der Waals surface area (Å²) in [4.78, 5) is 26.5. The molecule has 0 aromatic heterocycles. The number of ether oxygens (including phenoxy) is 2. The Bertz CT molecular complexity index is 691.